The maximum absolute atomic E-state index is 10.9. The zero-order valence-corrected chi connectivity index (χ0v) is 9.95. The molecule has 0 rings (SSSR count). The van der Waals surface area contributed by atoms with Gasteiger partial charge in [-0.15, -0.1) is 0 Å². The second-order valence-corrected chi connectivity index (χ2v) is 3.71. The Labute approximate surface area is 92.0 Å². The summed E-state index contributed by atoms with van der Waals surface area (Å²) < 4.78 is 5.32. The van der Waals surface area contributed by atoms with Crippen molar-refractivity contribution < 1.29 is 14.6 Å². The van der Waals surface area contributed by atoms with E-state index in [2.05, 4.69) is 12.2 Å². The number of carboxylic acid groups (broad SMARTS) is 1. The third kappa shape index (κ3) is 7.33. The number of rotatable bonds is 9. The van der Waals surface area contributed by atoms with Crippen LogP contribution >= 0.6 is 0 Å². The molecule has 0 fully saturated rings. The maximum atomic E-state index is 10.9. The molecule has 0 saturated carbocycles. The topological polar surface area (TPSA) is 58.6 Å². The summed E-state index contributed by atoms with van der Waals surface area (Å²) >= 11 is 0. The third-order valence-electron chi connectivity index (χ3n) is 2.25. The number of aliphatic carboxylic acids is 1. The lowest BCUT2D eigenvalue weighted by Gasteiger charge is -2.17. The van der Waals surface area contributed by atoms with Gasteiger partial charge >= 0.3 is 5.97 Å². The van der Waals surface area contributed by atoms with E-state index in [0.717, 1.165) is 12.8 Å². The number of unbranched alkanes of at least 4 members (excludes halogenated alkanes) is 1. The molecule has 0 aromatic heterocycles. The second kappa shape index (κ2) is 8.68. The van der Waals surface area contributed by atoms with Crippen molar-refractivity contribution in [1.29, 1.82) is 0 Å². The van der Waals surface area contributed by atoms with Crippen molar-refractivity contribution in [1.82, 2.24) is 5.32 Å². The van der Waals surface area contributed by atoms with Crippen LogP contribution < -0.4 is 5.32 Å². The van der Waals surface area contributed by atoms with Crippen molar-refractivity contribution in [2.45, 2.75) is 52.2 Å². The Balaban J connectivity index is 3.79. The van der Waals surface area contributed by atoms with Gasteiger partial charge in [0.2, 0.25) is 0 Å². The summed E-state index contributed by atoms with van der Waals surface area (Å²) in [5, 5.41) is 12.0. The minimum absolute atomic E-state index is 0.0680. The van der Waals surface area contributed by atoms with Crippen LogP contribution in [0.4, 0.5) is 0 Å². The summed E-state index contributed by atoms with van der Waals surface area (Å²) in [6.45, 7) is 7.18. The Morgan fingerprint density at radius 3 is 2.60 bits per heavy atom. The number of carboxylic acids is 1. The molecular formula is C11H23NO3. The summed E-state index contributed by atoms with van der Waals surface area (Å²) in [4.78, 5) is 10.9. The van der Waals surface area contributed by atoms with Gasteiger partial charge in [-0.3, -0.25) is 4.79 Å². The predicted molar refractivity (Wildman–Crippen MR) is 60.0 cm³/mol. The first-order valence-corrected chi connectivity index (χ1v) is 5.69. The van der Waals surface area contributed by atoms with Crippen molar-refractivity contribution in [3.63, 3.8) is 0 Å². The van der Waals surface area contributed by atoms with Gasteiger partial charge in [0.15, 0.2) is 0 Å². The number of nitrogens with one attached hydrogen (secondary N) is 1. The summed E-state index contributed by atoms with van der Waals surface area (Å²) in [5.74, 6) is -0.771. The molecule has 90 valence electrons. The average Bonchev–Trinajstić information content (AvgIpc) is 2.17. The van der Waals surface area contributed by atoms with Crippen LogP contribution in [0.3, 0.4) is 0 Å². The molecule has 0 saturated heterocycles. The van der Waals surface area contributed by atoms with Crippen LogP contribution in [-0.2, 0) is 9.53 Å². The molecular weight excluding hydrogens is 194 g/mol. The summed E-state index contributed by atoms with van der Waals surface area (Å²) in [6, 6.07) is -0.437. The summed E-state index contributed by atoms with van der Waals surface area (Å²) in [6.07, 6.45) is 2.71. The molecule has 0 aromatic carbocycles. The number of hydrogen-bond donors (Lipinski definition) is 2. The Bertz CT molecular complexity index is 173. The van der Waals surface area contributed by atoms with Gasteiger partial charge in [-0.2, -0.15) is 0 Å². The minimum atomic E-state index is -0.771. The Hall–Kier alpha value is -0.610. The summed E-state index contributed by atoms with van der Waals surface area (Å²) in [5.41, 5.74) is 0. The molecule has 0 spiro atoms. The van der Waals surface area contributed by atoms with Gasteiger partial charge in [-0.25, -0.2) is 0 Å². The molecule has 0 radical (unpaired) electrons. The lowest BCUT2D eigenvalue weighted by Crippen LogP contribution is -2.40. The van der Waals surface area contributed by atoms with Crippen molar-refractivity contribution in [3.8, 4) is 0 Å². The third-order valence-corrected chi connectivity index (χ3v) is 2.25. The van der Waals surface area contributed by atoms with Crippen LogP contribution in [0, 0.1) is 0 Å². The van der Waals surface area contributed by atoms with Crippen LogP contribution in [0.1, 0.15) is 40.0 Å². The van der Waals surface area contributed by atoms with Gasteiger partial charge in [0.25, 0.3) is 0 Å². The molecule has 15 heavy (non-hydrogen) atoms. The van der Waals surface area contributed by atoms with Crippen LogP contribution in [0.25, 0.3) is 0 Å². The van der Waals surface area contributed by atoms with Crippen molar-refractivity contribution >= 4 is 5.97 Å². The molecule has 2 unspecified atom stereocenters. The van der Waals surface area contributed by atoms with E-state index in [1.807, 2.05) is 13.8 Å². The van der Waals surface area contributed by atoms with E-state index < -0.39 is 12.0 Å². The first-order chi connectivity index (χ1) is 7.11. The highest BCUT2D eigenvalue weighted by Crippen LogP contribution is 2.01. The van der Waals surface area contributed by atoms with Crippen LogP contribution in [0.15, 0.2) is 0 Å². The molecule has 2 N–H and O–H groups in total. The number of carbonyl (C=O) groups is 1. The van der Waals surface area contributed by atoms with Gasteiger partial charge in [0.1, 0.15) is 6.04 Å². The Kier molecular flexibility index (Phi) is 8.33. The number of ether oxygens (including phenoxy) is 1. The van der Waals surface area contributed by atoms with E-state index in [9.17, 15) is 4.79 Å². The molecule has 0 aliphatic rings. The highest BCUT2D eigenvalue weighted by atomic mass is 16.5. The molecule has 2 atom stereocenters. The molecule has 0 bridgehead atoms. The standard InChI is InChI=1S/C11H23NO3/c1-4-6-7-10(11(13)14)12-8-9(3)15-5-2/h9-10,12H,4-8H2,1-3H3,(H,13,14). The van der Waals surface area contributed by atoms with E-state index in [1.54, 1.807) is 0 Å². The second-order valence-electron chi connectivity index (χ2n) is 3.71. The zero-order chi connectivity index (χ0) is 11.7. The van der Waals surface area contributed by atoms with Gasteiger partial charge in [0.05, 0.1) is 6.10 Å². The van der Waals surface area contributed by atoms with Gasteiger partial charge in [-0.05, 0) is 20.3 Å². The highest BCUT2D eigenvalue weighted by Gasteiger charge is 2.16. The molecule has 0 heterocycles. The molecule has 0 amide bonds. The van der Waals surface area contributed by atoms with Crippen LogP contribution in [0.2, 0.25) is 0 Å². The van der Waals surface area contributed by atoms with Gasteiger partial charge in [0, 0.05) is 13.2 Å². The number of hydrogen-bond acceptors (Lipinski definition) is 3. The largest absolute Gasteiger partial charge is 0.480 e. The van der Waals surface area contributed by atoms with Crippen molar-refractivity contribution in [3.05, 3.63) is 0 Å². The van der Waals surface area contributed by atoms with E-state index in [1.165, 1.54) is 0 Å². The smallest absolute Gasteiger partial charge is 0.320 e. The predicted octanol–water partition coefficient (Wildman–Crippen LogP) is 1.64. The highest BCUT2D eigenvalue weighted by molar-refractivity contribution is 5.73. The Morgan fingerprint density at radius 1 is 1.47 bits per heavy atom. The first kappa shape index (κ1) is 14.4. The first-order valence-electron chi connectivity index (χ1n) is 5.69. The molecule has 4 nitrogen and oxygen atoms in total. The lowest BCUT2D eigenvalue weighted by atomic mass is 10.1. The quantitative estimate of drug-likeness (QED) is 0.616. The maximum Gasteiger partial charge on any atom is 0.320 e. The van der Waals surface area contributed by atoms with E-state index in [0.29, 0.717) is 19.6 Å². The average molecular weight is 217 g/mol. The van der Waals surface area contributed by atoms with E-state index in [4.69, 9.17) is 9.84 Å². The molecule has 0 aliphatic carbocycles. The normalized spacial score (nSPS) is 14.9. The summed E-state index contributed by atoms with van der Waals surface area (Å²) in [7, 11) is 0. The van der Waals surface area contributed by atoms with E-state index >= 15 is 0 Å². The van der Waals surface area contributed by atoms with Crippen molar-refractivity contribution in [2.75, 3.05) is 13.2 Å². The minimum Gasteiger partial charge on any atom is -0.480 e. The fourth-order valence-corrected chi connectivity index (χ4v) is 1.37. The fraction of sp³-hybridized carbons (Fsp3) is 0.909. The van der Waals surface area contributed by atoms with Crippen molar-refractivity contribution in [2.24, 2.45) is 0 Å². The van der Waals surface area contributed by atoms with Crippen LogP contribution in [0.5, 0.6) is 0 Å². The molecule has 0 aliphatic heterocycles. The fourth-order valence-electron chi connectivity index (χ4n) is 1.37. The monoisotopic (exact) mass is 217 g/mol. The van der Waals surface area contributed by atoms with Gasteiger partial charge in [-0.1, -0.05) is 19.8 Å². The zero-order valence-electron chi connectivity index (χ0n) is 9.95. The van der Waals surface area contributed by atoms with E-state index in [-0.39, 0.29) is 6.10 Å². The lowest BCUT2D eigenvalue weighted by molar-refractivity contribution is -0.139. The molecule has 0 aromatic rings. The van der Waals surface area contributed by atoms with Crippen LogP contribution in [-0.4, -0.2) is 36.4 Å². The van der Waals surface area contributed by atoms with Gasteiger partial charge < -0.3 is 15.2 Å². The Morgan fingerprint density at radius 2 is 2.13 bits per heavy atom. The SMILES string of the molecule is CCCCC(NCC(C)OCC)C(=O)O. The molecule has 4 heteroatoms.